The highest BCUT2D eigenvalue weighted by molar-refractivity contribution is 5.81. The van der Waals surface area contributed by atoms with Crippen molar-refractivity contribution in [1.82, 2.24) is 10.3 Å². The molecule has 0 bridgehead atoms. The Morgan fingerprint density at radius 3 is 2.59 bits per heavy atom. The van der Waals surface area contributed by atoms with E-state index in [1.807, 2.05) is 36.5 Å². The number of hydrogen-bond acceptors (Lipinski definition) is 6. The van der Waals surface area contributed by atoms with Crippen LogP contribution in [0.3, 0.4) is 0 Å². The third-order valence-electron chi connectivity index (χ3n) is 6.40. The highest BCUT2D eigenvalue weighted by Crippen LogP contribution is 2.31. The zero-order valence-corrected chi connectivity index (χ0v) is 18.5. The number of ether oxygens (including phenoxy) is 4. The molecule has 1 aliphatic heterocycles. The third-order valence-corrected chi connectivity index (χ3v) is 6.40. The minimum absolute atomic E-state index is 0.550. The molecule has 2 heterocycles. The first kappa shape index (κ1) is 20.9. The number of nitrogens with one attached hydrogen (secondary N) is 1. The van der Waals surface area contributed by atoms with Crippen molar-refractivity contribution < 1.29 is 18.9 Å². The van der Waals surface area contributed by atoms with Crippen molar-refractivity contribution in [2.75, 3.05) is 26.9 Å². The van der Waals surface area contributed by atoms with Crippen LogP contribution in [0.5, 0.6) is 23.0 Å². The molecule has 1 aliphatic carbocycles. The molecular formula is C26H30N2O4. The van der Waals surface area contributed by atoms with Gasteiger partial charge in [-0.1, -0.05) is 6.07 Å². The fourth-order valence-corrected chi connectivity index (χ4v) is 4.50. The Morgan fingerprint density at radius 1 is 0.938 bits per heavy atom. The highest BCUT2D eigenvalue weighted by atomic mass is 16.6. The summed E-state index contributed by atoms with van der Waals surface area (Å²) in [4.78, 5) is 4.51. The van der Waals surface area contributed by atoms with Crippen LogP contribution in [0.2, 0.25) is 0 Å². The maximum Gasteiger partial charge on any atom is 0.161 e. The summed E-state index contributed by atoms with van der Waals surface area (Å²) < 4.78 is 22.7. The van der Waals surface area contributed by atoms with E-state index in [1.54, 1.807) is 7.11 Å². The molecule has 1 fully saturated rings. The Morgan fingerprint density at radius 2 is 1.75 bits per heavy atom. The molecule has 1 saturated carbocycles. The topological polar surface area (TPSA) is 61.8 Å². The Labute approximate surface area is 188 Å². The summed E-state index contributed by atoms with van der Waals surface area (Å²) in [5.41, 5.74) is 2.18. The molecule has 0 spiro atoms. The lowest BCUT2D eigenvalue weighted by Gasteiger charge is -2.29. The lowest BCUT2D eigenvalue weighted by molar-refractivity contribution is 0.171. The molecule has 0 saturated heterocycles. The van der Waals surface area contributed by atoms with Crippen LogP contribution in [-0.4, -0.2) is 38.0 Å². The molecule has 0 atom stereocenters. The molecule has 0 radical (unpaired) electrons. The molecule has 2 aromatic carbocycles. The molecule has 6 heteroatoms. The minimum atomic E-state index is 0.550. The molecule has 3 aromatic rings. The number of fused-ring (bicyclic) bond motifs is 2. The highest BCUT2D eigenvalue weighted by Gasteiger charge is 2.22. The van der Waals surface area contributed by atoms with Crippen LogP contribution in [0, 0.1) is 5.92 Å². The third kappa shape index (κ3) is 4.91. The first-order chi connectivity index (χ1) is 15.8. The van der Waals surface area contributed by atoms with E-state index in [0.717, 1.165) is 47.1 Å². The lowest BCUT2D eigenvalue weighted by atomic mass is 9.86. The van der Waals surface area contributed by atoms with Crippen molar-refractivity contribution in [3.8, 4) is 23.0 Å². The largest absolute Gasteiger partial charge is 0.497 e. The fraction of sp³-hybridized carbons (Fsp3) is 0.423. The number of rotatable bonds is 7. The Balaban J connectivity index is 1.08. The van der Waals surface area contributed by atoms with Gasteiger partial charge < -0.3 is 24.3 Å². The van der Waals surface area contributed by atoms with Crippen molar-refractivity contribution in [3.63, 3.8) is 0 Å². The van der Waals surface area contributed by atoms with Crippen LogP contribution in [-0.2, 0) is 6.54 Å². The Bertz CT molecular complexity index is 1060. The Kier molecular flexibility index (Phi) is 6.30. The molecule has 1 aromatic heterocycles. The second-order valence-corrected chi connectivity index (χ2v) is 8.62. The van der Waals surface area contributed by atoms with Gasteiger partial charge in [-0.3, -0.25) is 4.98 Å². The normalized spacial score (nSPS) is 20.2. The molecular weight excluding hydrogens is 404 g/mol. The van der Waals surface area contributed by atoms with Gasteiger partial charge in [-0.25, -0.2) is 0 Å². The lowest BCUT2D eigenvalue weighted by Crippen LogP contribution is -2.34. The van der Waals surface area contributed by atoms with Crippen LogP contribution in [0.25, 0.3) is 10.9 Å². The molecule has 1 N–H and O–H groups in total. The number of pyridine rings is 1. The van der Waals surface area contributed by atoms with Gasteiger partial charge in [0.1, 0.15) is 24.7 Å². The second-order valence-electron chi connectivity index (χ2n) is 8.62. The van der Waals surface area contributed by atoms with Crippen molar-refractivity contribution >= 4 is 10.9 Å². The van der Waals surface area contributed by atoms with Crippen molar-refractivity contribution in [2.45, 2.75) is 38.3 Å². The van der Waals surface area contributed by atoms with Gasteiger partial charge in [0.25, 0.3) is 0 Å². The van der Waals surface area contributed by atoms with E-state index in [-0.39, 0.29) is 0 Å². The predicted molar refractivity (Wildman–Crippen MR) is 124 cm³/mol. The van der Waals surface area contributed by atoms with Crippen molar-refractivity contribution in [2.24, 2.45) is 5.92 Å². The SMILES string of the molecule is COc1ccc2ncc(OC[C@H]3CC[C@H](NCc4ccc5c(c4)OCCO5)CC3)cc2c1. The molecule has 0 unspecified atom stereocenters. The molecule has 0 amide bonds. The summed E-state index contributed by atoms with van der Waals surface area (Å²) in [6, 6.07) is 14.7. The van der Waals surface area contributed by atoms with Gasteiger partial charge in [0.2, 0.25) is 0 Å². The summed E-state index contributed by atoms with van der Waals surface area (Å²) in [5.74, 6) is 3.95. The van der Waals surface area contributed by atoms with Crippen molar-refractivity contribution in [1.29, 1.82) is 0 Å². The van der Waals surface area contributed by atoms with Gasteiger partial charge in [-0.15, -0.1) is 0 Å². The quantitative estimate of drug-likeness (QED) is 0.580. The number of aromatic nitrogens is 1. The standard InChI is InChI=1S/C26H30N2O4/c1-29-22-7-8-24-20(13-22)14-23(16-28-24)32-17-18-2-5-21(6-3-18)27-15-19-4-9-25-26(12-19)31-11-10-30-25/h4,7-9,12-14,16,18,21,27H,2-3,5-6,10-11,15,17H2,1H3/t18-,21-. The molecule has 168 valence electrons. The van der Waals surface area contributed by atoms with Gasteiger partial charge in [-0.05, 0) is 73.6 Å². The minimum Gasteiger partial charge on any atom is -0.497 e. The van der Waals surface area contributed by atoms with E-state index in [0.29, 0.717) is 25.2 Å². The summed E-state index contributed by atoms with van der Waals surface area (Å²) in [5, 5.41) is 4.75. The monoisotopic (exact) mass is 434 g/mol. The van der Waals surface area contributed by atoms with Crippen LogP contribution < -0.4 is 24.3 Å². The summed E-state index contributed by atoms with van der Waals surface area (Å²) in [6.45, 7) is 2.85. The predicted octanol–water partition coefficient (Wildman–Crippen LogP) is 4.74. The summed E-state index contributed by atoms with van der Waals surface area (Å²) >= 11 is 0. The number of nitrogens with zero attached hydrogens (tertiary/aromatic N) is 1. The van der Waals surface area contributed by atoms with Gasteiger partial charge in [0, 0.05) is 18.0 Å². The maximum atomic E-state index is 6.10. The van der Waals surface area contributed by atoms with E-state index in [4.69, 9.17) is 18.9 Å². The van der Waals surface area contributed by atoms with E-state index < -0.39 is 0 Å². The van der Waals surface area contributed by atoms with E-state index in [9.17, 15) is 0 Å². The zero-order valence-electron chi connectivity index (χ0n) is 18.5. The average Bonchev–Trinajstić information content (AvgIpc) is 2.86. The molecule has 6 nitrogen and oxygen atoms in total. The van der Waals surface area contributed by atoms with E-state index in [1.165, 1.54) is 31.2 Å². The van der Waals surface area contributed by atoms with E-state index in [2.05, 4.69) is 22.4 Å². The number of benzene rings is 2. The van der Waals surface area contributed by atoms with Gasteiger partial charge in [0.15, 0.2) is 11.5 Å². The van der Waals surface area contributed by atoms with Crippen molar-refractivity contribution in [3.05, 3.63) is 54.2 Å². The average molecular weight is 435 g/mol. The van der Waals surface area contributed by atoms with Crippen LogP contribution in [0.1, 0.15) is 31.2 Å². The number of methoxy groups -OCH3 is 1. The summed E-state index contributed by atoms with van der Waals surface area (Å²) in [6.07, 6.45) is 6.51. The Hall–Kier alpha value is -2.99. The van der Waals surface area contributed by atoms with Gasteiger partial charge >= 0.3 is 0 Å². The first-order valence-corrected chi connectivity index (χ1v) is 11.5. The molecule has 2 aliphatic rings. The first-order valence-electron chi connectivity index (χ1n) is 11.5. The number of hydrogen-bond donors (Lipinski definition) is 1. The fourth-order valence-electron chi connectivity index (χ4n) is 4.50. The summed E-state index contributed by atoms with van der Waals surface area (Å²) in [7, 11) is 1.68. The van der Waals surface area contributed by atoms with Crippen LogP contribution in [0.4, 0.5) is 0 Å². The van der Waals surface area contributed by atoms with E-state index >= 15 is 0 Å². The molecule has 32 heavy (non-hydrogen) atoms. The molecule has 5 rings (SSSR count). The van der Waals surface area contributed by atoms with Crippen LogP contribution in [0.15, 0.2) is 48.7 Å². The smallest absolute Gasteiger partial charge is 0.161 e. The zero-order chi connectivity index (χ0) is 21.8. The van der Waals surface area contributed by atoms with Gasteiger partial charge in [0.05, 0.1) is 25.4 Å². The van der Waals surface area contributed by atoms with Gasteiger partial charge in [-0.2, -0.15) is 0 Å². The van der Waals surface area contributed by atoms with Crippen LogP contribution >= 0.6 is 0 Å². The maximum absolute atomic E-state index is 6.10. The second kappa shape index (κ2) is 9.65.